The Balaban J connectivity index is 1.88. The van der Waals surface area contributed by atoms with Crippen LogP contribution in [-0.4, -0.2) is 22.3 Å². The van der Waals surface area contributed by atoms with Gasteiger partial charge in [0.15, 0.2) is 0 Å². The van der Waals surface area contributed by atoms with Gasteiger partial charge in [0.2, 0.25) is 5.91 Å². The van der Waals surface area contributed by atoms with Gasteiger partial charge in [-0.3, -0.25) is 14.9 Å². The zero-order valence-corrected chi connectivity index (χ0v) is 16.1. The monoisotopic (exact) mass is 411 g/mol. The van der Waals surface area contributed by atoms with Gasteiger partial charge in [-0.1, -0.05) is 41.4 Å². The van der Waals surface area contributed by atoms with Crippen LogP contribution >= 0.6 is 35.0 Å². The highest BCUT2D eigenvalue weighted by Crippen LogP contribution is 2.28. The predicted molar refractivity (Wildman–Crippen MR) is 106 cm³/mol. The maximum atomic E-state index is 11.9. The van der Waals surface area contributed by atoms with Crippen molar-refractivity contribution in [2.75, 3.05) is 5.75 Å². The first kappa shape index (κ1) is 20.2. The number of amides is 1. The first-order chi connectivity index (χ1) is 12.4. The van der Waals surface area contributed by atoms with Crippen molar-refractivity contribution in [2.24, 2.45) is 5.10 Å². The summed E-state index contributed by atoms with van der Waals surface area (Å²) in [5.41, 5.74) is 4.23. The van der Waals surface area contributed by atoms with E-state index in [1.165, 1.54) is 23.9 Å². The van der Waals surface area contributed by atoms with E-state index in [-0.39, 0.29) is 17.3 Å². The molecule has 26 heavy (non-hydrogen) atoms. The fraction of sp³-hybridized carbons (Fsp3) is 0.176. The molecule has 0 aliphatic rings. The molecule has 136 valence electrons. The number of carbonyl (C=O) groups is 1. The lowest BCUT2D eigenvalue weighted by Gasteiger charge is -2.06. The van der Waals surface area contributed by atoms with Gasteiger partial charge in [-0.2, -0.15) is 5.10 Å². The van der Waals surface area contributed by atoms with Crippen molar-refractivity contribution in [2.45, 2.75) is 12.7 Å². The highest BCUT2D eigenvalue weighted by atomic mass is 35.5. The maximum Gasteiger partial charge on any atom is 0.270 e. The van der Waals surface area contributed by atoms with Crippen LogP contribution in [-0.2, 0) is 10.5 Å². The third-order valence-electron chi connectivity index (χ3n) is 3.36. The van der Waals surface area contributed by atoms with E-state index < -0.39 is 4.92 Å². The van der Waals surface area contributed by atoms with Gasteiger partial charge in [-0.05, 0) is 24.6 Å². The molecule has 0 aromatic heterocycles. The summed E-state index contributed by atoms with van der Waals surface area (Å²) in [6.07, 6.45) is 0. The van der Waals surface area contributed by atoms with Crippen LogP contribution in [0.4, 0.5) is 5.69 Å². The number of hydrogen-bond acceptors (Lipinski definition) is 5. The summed E-state index contributed by atoms with van der Waals surface area (Å²) in [6, 6.07) is 11.3. The summed E-state index contributed by atoms with van der Waals surface area (Å²) >= 11 is 13.5. The Hall–Kier alpha value is -2.09. The lowest BCUT2D eigenvalue weighted by atomic mass is 10.1. The number of nitro groups is 1. The van der Waals surface area contributed by atoms with Crippen LogP contribution in [0.15, 0.2) is 47.6 Å². The minimum absolute atomic E-state index is 0.0319. The van der Waals surface area contributed by atoms with E-state index in [1.807, 2.05) is 0 Å². The van der Waals surface area contributed by atoms with Crippen molar-refractivity contribution >= 4 is 52.3 Å². The molecule has 0 unspecified atom stereocenters. The van der Waals surface area contributed by atoms with E-state index >= 15 is 0 Å². The number of nitrogens with one attached hydrogen (secondary N) is 1. The molecule has 0 saturated carbocycles. The molecular formula is C17H15Cl2N3O3S. The Morgan fingerprint density at radius 1 is 1.23 bits per heavy atom. The van der Waals surface area contributed by atoms with Crippen LogP contribution in [0.1, 0.15) is 18.1 Å². The largest absolute Gasteiger partial charge is 0.272 e. The number of rotatable bonds is 7. The zero-order chi connectivity index (χ0) is 19.1. The van der Waals surface area contributed by atoms with E-state index in [0.29, 0.717) is 27.1 Å². The van der Waals surface area contributed by atoms with Crippen LogP contribution in [0.3, 0.4) is 0 Å². The molecule has 0 aliphatic heterocycles. The fourth-order valence-electron chi connectivity index (χ4n) is 2.00. The molecule has 0 fully saturated rings. The molecule has 0 atom stereocenters. The van der Waals surface area contributed by atoms with Crippen LogP contribution in [0.25, 0.3) is 0 Å². The summed E-state index contributed by atoms with van der Waals surface area (Å²) in [5, 5.41) is 15.9. The molecule has 6 nitrogen and oxygen atoms in total. The summed E-state index contributed by atoms with van der Waals surface area (Å²) in [5.74, 6) is 0.384. The number of halogens is 2. The van der Waals surface area contributed by atoms with Crippen molar-refractivity contribution in [1.82, 2.24) is 5.43 Å². The molecule has 2 aromatic rings. The number of nitrogens with zero attached hydrogens (tertiary/aromatic N) is 2. The number of carbonyl (C=O) groups excluding carboxylic acids is 1. The molecule has 0 aliphatic carbocycles. The van der Waals surface area contributed by atoms with Crippen molar-refractivity contribution in [3.05, 3.63) is 73.8 Å². The van der Waals surface area contributed by atoms with E-state index in [0.717, 1.165) is 5.56 Å². The molecule has 2 rings (SSSR count). The summed E-state index contributed by atoms with van der Waals surface area (Å²) in [6.45, 7) is 1.66. The molecule has 0 radical (unpaired) electrons. The number of hydrazone groups is 1. The molecule has 0 bridgehead atoms. The second-order valence-corrected chi connectivity index (χ2v) is 7.03. The van der Waals surface area contributed by atoms with Gasteiger partial charge in [0.25, 0.3) is 5.69 Å². The van der Waals surface area contributed by atoms with Gasteiger partial charge in [-0.15, -0.1) is 11.8 Å². The Morgan fingerprint density at radius 3 is 2.54 bits per heavy atom. The van der Waals surface area contributed by atoms with Gasteiger partial charge < -0.3 is 0 Å². The van der Waals surface area contributed by atoms with Gasteiger partial charge >= 0.3 is 0 Å². The number of hydrogen-bond donors (Lipinski definition) is 1. The number of non-ortho nitro benzene ring substituents is 1. The Kier molecular flexibility index (Phi) is 7.44. The maximum absolute atomic E-state index is 11.9. The van der Waals surface area contributed by atoms with Crippen molar-refractivity contribution in [1.29, 1.82) is 0 Å². The Labute approximate surface area is 164 Å². The minimum atomic E-state index is -0.480. The highest BCUT2D eigenvalue weighted by Gasteiger charge is 2.09. The summed E-state index contributed by atoms with van der Waals surface area (Å²) in [7, 11) is 0. The molecule has 9 heteroatoms. The SMILES string of the molecule is C/C(=N/NC(=O)CSCc1c(Cl)cccc1Cl)c1cccc([N+](=O)[O-])c1. The first-order valence-corrected chi connectivity index (χ1v) is 9.38. The molecule has 0 spiro atoms. The van der Waals surface area contributed by atoms with Gasteiger partial charge in [0.1, 0.15) is 0 Å². The molecule has 2 aromatic carbocycles. The molecular weight excluding hydrogens is 397 g/mol. The topological polar surface area (TPSA) is 84.6 Å². The number of nitro benzene ring substituents is 1. The normalized spacial score (nSPS) is 11.3. The van der Waals surface area contributed by atoms with E-state index in [1.54, 1.807) is 37.3 Å². The van der Waals surface area contributed by atoms with E-state index in [4.69, 9.17) is 23.2 Å². The second-order valence-electron chi connectivity index (χ2n) is 5.23. The average molecular weight is 412 g/mol. The number of benzene rings is 2. The van der Waals surface area contributed by atoms with E-state index in [9.17, 15) is 14.9 Å². The first-order valence-electron chi connectivity index (χ1n) is 7.47. The van der Waals surface area contributed by atoms with Crippen molar-refractivity contribution in [3.8, 4) is 0 Å². The van der Waals surface area contributed by atoms with Gasteiger partial charge in [0.05, 0.1) is 16.4 Å². The molecule has 0 heterocycles. The third-order valence-corrected chi connectivity index (χ3v) is 5.03. The van der Waals surface area contributed by atoms with Crippen LogP contribution < -0.4 is 5.43 Å². The predicted octanol–water partition coefficient (Wildman–Crippen LogP) is 4.68. The smallest absolute Gasteiger partial charge is 0.270 e. The standard InChI is InChI=1S/C17H15Cl2N3O3S/c1-11(12-4-2-5-13(8-12)22(24)25)20-21-17(23)10-26-9-14-15(18)6-3-7-16(14)19/h2-8H,9-10H2,1H3,(H,21,23)/b20-11-. The van der Waals surface area contributed by atoms with Crippen molar-refractivity contribution in [3.63, 3.8) is 0 Å². The van der Waals surface area contributed by atoms with Crippen LogP contribution in [0.5, 0.6) is 0 Å². The fourth-order valence-corrected chi connectivity index (χ4v) is 3.56. The lowest BCUT2D eigenvalue weighted by Crippen LogP contribution is -2.21. The van der Waals surface area contributed by atoms with Crippen LogP contribution in [0, 0.1) is 10.1 Å². The molecule has 1 amide bonds. The summed E-state index contributed by atoms with van der Waals surface area (Å²) < 4.78 is 0. The minimum Gasteiger partial charge on any atom is -0.272 e. The Morgan fingerprint density at radius 2 is 1.88 bits per heavy atom. The Bertz CT molecular complexity index is 839. The zero-order valence-electron chi connectivity index (χ0n) is 13.7. The second kappa shape index (κ2) is 9.56. The van der Waals surface area contributed by atoms with E-state index in [2.05, 4.69) is 10.5 Å². The van der Waals surface area contributed by atoms with Crippen molar-refractivity contribution < 1.29 is 9.72 Å². The molecule has 0 saturated heterocycles. The quantitative estimate of drug-likeness (QED) is 0.407. The summed E-state index contributed by atoms with van der Waals surface area (Å²) in [4.78, 5) is 22.2. The third kappa shape index (κ3) is 5.72. The number of thioether (sulfide) groups is 1. The average Bonchev–Trinajstić information content (AvgIpc) is 2.62. The molecule has 1 N–H and O–H groups in total. The lowest BCUT2D eigenvalue weighted by molar-refractivity contribution is -0.384. The van der Waals surface area contributed by atoms with Crippen LogP contribution in [0.2, 0.25) is 10.0 Å². The van der Waals surface area contributed by atoms with Gasteiger partial charge in [0, 0.05) is 33.5 Å². The highest BCUT2D eigenvalue weighted by molar-refractivity contribution is 7.99. The van der Waals surface area contributed by atoms with Gasteiger partial charge in [-0.25, -0.2) is 5.43 Å².